The number of benzene rings is 1. The highest BCUT2D eigenvalue weighted by Gasteiger charge is 2.40. The number of carboxylic acids is 1. The Morgan fingerprint density at radius 1 is 1.08 bits per heavy atom. The van der Waals surface area contributed by atoms with Crippen molar-refractivity contribution in [1.29, 1.82) is 0 Å². The molecular formula is C18H22N2O4. The van der Waals surface area contributed by atoms with E-state index in [-0.39, 0.29) is 5.91 Å². The monoisotopic (exact) mass is 330 g/mol. The second-order valence-electron chi connectivity index (χ2n) is 6.07. The topological polar surface area (TPSA) is 95.5 Å². The van der Waals surface area contributed by atoms with Gasteiger partial charge in [-0.1, -0.05) is 31.4 Å². The summed E-state index contributed by atoms with van der Waals surface area (Å²) < 4.78 is 0. The van der Waals surface area contributed by atoms with Gasteiger partial charge in [-0.25, -0.2) is 4.79 Å². The van der Waals surface area contributed by atoms with Crippen molar-refractivity contribution in [3.63, 3.8) is 0 Å². The van der Waals surface area contributed by atoms with Gasteiger partial charge < -0.3 is 15.7 Å². The Hall–Kier alpha value is -2.63. The lowest BCUT2D eigenvalue weighted by Crippen LogP contribution is -2.55. The van der Waals surface area contributed by atoms with Gasteiger partial charge in [-0.05, 0) is 36.6 Å². The Balaban J connectivity index is 1.99. The van der Waals surface area contributed by atoms with Crippen LogP contribution in [0, 0.1) is 0 Å². The van der Waals surface area contributed by atoms with E-state index < -0.39 is 17.4 Å². The van der Waals surface area contributed by atoms with Crippen LogP contribution in [0.5, 0.6) is 0 Å². The molecule has 0 radical (unpaired) electrons. The molecule has 0 spiro atoms. The van der Waals surface area contributed by atoms with Gasteiger partial charge in [-0.3, -0.25) is 9.59 Å². The third-order valence-electron chi connectivity index (χ3n) is 4.14. The van der Waals surface area contributed by atoms with Crippen molar-refractivity contribution in [2.24, 2.45) is 0 Å². The van der Waals surface area contributed by atoms with E-state index in [9.17, 15) is 19.5 Å². The zero-order valence-corrected chi connectivity index (χ0v) is 13.7. The van der Waals surface area contributed by atoms with Crippen molar-refractivity contribution >= 4 is 29.5 Å². The van der Waals surface area contributed by atoms with Gasteiger partial charge in [0.1, 0.15) is 5.54 Å². The molecule has 2 amide bonds. The Bertz CT molecular complexity index is 643. The second kappa shape index (κ2) is 7.77. The molecule has 1 saturated carbocycles. The summed E-state index contributed by atoms with van der Waals surface area (Å²) in [5, 5.41) is 14.8. The molecule has 0 saturated heterocycles. The Labute approximate surface area is 140 Å². The van der Waals surface area contributed by atoms with Crippen molar-refractivity contribution in [1.82, 2.24) is 5.32 Å². The number of rotatable bonds is 5. The lowest BCUT2D eigenvalue weighted by molar-refractivity contribution is -0.148. The smallest absolute Gasteiger partial charge is 0.329 e. The van der Waals surface area contributed by atoms with Gasteiger partial charge in [-0.15, -0.1) is 0 Å². The predicted molar refractivity (Wildman–Crippen MR) is 91.4 cm³/mol. The lowest BCUT2D eigenvalue weighted by atomic mass is 9.81. The van der Waals surface area contributed by atoms with Crippen LogP contribution in [-0.2, 0) is 14.4 Å². The molecular weight excluding hydrogens is 308 g/mol. The average Bonchev–Trinajstić information content (AvgIpc) is 2.54. The first-order chi connectivity index (χ1) is 11.4. The molecule has 1 fully saturated rings. The zero-order valence-electron chi connectivity index (χ0n) is 13.7. The number of carbonyl (C=O) groups excluding carboxylic acids is 2. The van der Waals surface area contributed by atoms with Crippen LogP contribution in [0.1, 0.15) is 44.6 Å². The Morgan fingerprint density at radius 3 is 2.25 bits per heavy atom. The molecule has 3 N–H and O–H groups in total. The second-order valence-corrected chi connectivity index (χ2v) is 6.07. The van der Waals surface area contributed by atoms with Crippen LogP contribution in [-0.4, -0.2) is 28.4 Å². The molecule has 1 aliphatic rings. The SMILES string of the molecule is CC(=O)Nc1ccc(/C=C/C(=O)NC2(C(=O)O)CCCCC2)cc1. The molecule has 6 nitrogen and oxygen atoms in total. The van der Waals surface area contributed by atoms with E-state index >= 15 is 0 Å². The molecule has 1 aromatic carbocycles. The average molecular weight is 330 g/mol. The summed E-state index contributed by atoms with van der Waals surface area (Å²) in [5.74, 6) is -1.53. The van der Waals surface area contributed by atoms with E-state index in [0.29, 0.717) is 18.5 Å². The molecule has 1 aromatic rings. The van der Waals surface area contributed by atoms with E-state index in [2.05, 4.69) is 10.6 Å². The van der Waals surface area contributed by atoms with Gasteiger partial charge in [0.2, 0.25) is 11.8 Å². The number of carbonyl (C=O) groups is 3. The van der Waals surface area contributed by atoms with Gasteiger partial charge in [0.25, 0.3) is 0 Å². The fourth-order valence-electron chi connectivity index (χ4n) is 2.88. The van der Waals surface area contributed by atoms with E-state index in [4.69, 9.17) is 0 Å². The molecule has 6 heteroatoms. The highest BCUT2D eigenvalue weighted by atomic mass is 16.4. The summed E-state index contributed by atoms with van der Waals surface area (Å²) in [6.45, 7) is 1.43. The van der Waals surface area contributed by atoms with Crippen molar-refractivity contribution in [3.05, 3.63) is 35.9 Å². The van der Waals surface area contributed by atoms with Crippen molar-refractivity contribution < 1.29 is 19.5 Å². The Kier molecular flexibility index (Phi) is 5.73. The fourth-order valence-corrected chi connectivity index (χ4v) is 2.88. The minimum Gasteiger partial charge on any atom is -0.480 e. The largest absolute Gasteiger partial charge is 0.480 e. The maximum atomic E-state index is 12.1. The van der Waals surface area contributed by atoms with Gasteiger partial charge in [0.15, 0.2) is 0 Å². The normalized spacial score (nSPS) is 16.5. The van der Waals surface area contributed by atoms with Gasteiger partial charge in [0.05, 0.1) is 0 Å². The van der Waals surface area contributed by atoms with Gasteiger partial charge in [-0.2, -0.15) is 0 Å². The van der Waals surface area contributed by atoms with Crippen molar-refractivity contribution in [2.45, 2.75) is 44.6 Å². The molecule has 0 bridgehead atoms. The minimum atomic E-state index is -1.14. The third-order valence-corrected chi connectivity index (χ3v) is 4.14. The molecule has 1 aliphatic carbocycles. The molecule has 0 unspecified atom stereocenters. The summed E-state index contributed by atoms with van der Waals surface area (Å²) in [6.07, 6.45) is 6.50. The third kappa shape index (κ3) is 4.68. The van der Waals surface area contributed by atoms with Crippen LogP contribution in [0.2, 0.25) is 0 Å². The van der Waals surface area contributed by atoms with Crippen LogP contribution >= 0.6 is 0 Å². The summed E-state index contributed by atoms with van der Waals surface area (Å²) in [4.78, 5) is 34.6. The first-order valence-corrected chi connectivity index (χ1v) is 8.03. The highest BCUT2D eigenvalue weighted by Crippen LogP contribution is 2.28. The number of nitrogens with one attached hydrogen (secondary N) is 2. The highest BCUT2D eigenvalue weighted by molar-refractivity contribution is 5.96. The molecule has 0 heterocycles. The minimum absolute atomic E-state index is 0.149. The zero-order chi connectivity index (χ0) is 17.6. The van der Waals surface area contributed by atoms with E-state index in [1.165, 1.54) is 13.0 Å². The van der Waals surface area contributed by atoms with Crippen LogP contribution < -0.4 is 10.6 Å². The number of carboxylic acid groups (broad SMARTS) is 1. The van der Waals surface area contributed by atoms with E-state index in [0.717, 1.165) is 24.8 Å². The first kappa shape index (κ1) is 17.7. The summed E-state index contributed by atoms with van der Waals surface area (Å²) in [5.41, 5.74) is 0.318. The van der Waals surface area contributed by atoms with Crippen LogP contribution in [0.3, 0.4) is 0 Å². The number of amides is 2. The van der Waals surface area contributed by atoms with Gasteiger partial charge in [0, 0.05) is 18.7 Å². The van der Waals surface area contributed by atoms with Crippen LogP contribution in [0.4, 0.5) is 5.69 Å². The summed E-state index contributed by atoms with van der Waals surface area (Å²) in [6, 6.07) is 7.00. The quantitative estimate of drug-likeness (QED) is 0.723. The number of hydrogen-bond acceptors (Lipinski definition) is 3. The summed E-state index contributed by atoms with van der Waals surface area (Å²) in [7, 11) is 0. The van der Waals surface area contributed by atoms with Crippen molar-refractivity contribution in [2.75, 3.05) is 5.32 Å². The van der Waals surface area contributed by atoms with E-state index in [1.54, 1.807) is 30.3 Å². The Morgan fingerprint density at radius 2 is 1.71 bits per heavy atom. The maximum Gasteiger partial charge on any atom is 0.329 e. The van der Waals surface area contributed by atoms with Crippen LogP contribution in [0.15, 0.2) is 30.3 Å². The first-order valence-electron chi connectivity index (χ1n) is 8.03. The molecule has 128 valence electrons. The number of hydrogen-bond donors (Lipinski definition) is 3. The van der Waals surface area contributed by atoms with E-state index in [1.807, 2.05) is 0 Å². The predicted octanol–water partition coefficient (Wildman–Crippen LogP) is 2.56. The molecule has 0 aromatic heterocycles. The molecule has 24 heavy (non-hydrogen) atoms. The molecule has 0 atom stereocenters. The fraction of sp³-hybridized carbons (Fsp3) is 0.389. The standard InChI is InChI=1S/C18H22N2O4/c1-13(21)19-15-8-5-14(6-9-15)7-10-16(22)20-18(17(23)24)11-3-2-4-12-18/h5-10H,2-4,11-12H2,1H3,(H,19,21)(H,20,22)(H,23,24)/b10-7+. The summed E-state index contributed by atoms with van der Waals surface area (Å²) >= 11 is 0. The van der Waals surface area contributed by atoms with Gasteiger partial charge >= 0.3 is 5.97 Å². The van der Waals surface area contributed by atoms with Crippen molar-refractivity contribution in [3.8, 4) is 0 Å². The lowest BCUT2D eigenvalue weighted by Gasteiger charge is -2.33. The van der Waals surface area contributed by atoms with Crippen LogP contribution in [0.25, 0.3) is 6.08 Å². The number of aliphatic carboxylic acids is 1. The maximum absolute atomic E-state index is 12.1. The number of anilines is 1. The molecule has 0 aliphatic heterocycles. The molecule has 2 rings (SSSR count).